The Hall–Kier alpha value is -3.47. The number of amides is 1. The number of rotatable bonds is 6. The monoisotopic (exact) mass is 416 g/mol. The van der Waals surface area contributed by atoms with Gasteiger partial charge in [-0.3, -0.25) is 9.89 Å². The molecule has 0 saturated carbocycles. The molecule has 0 saturated heterocycles. The summed E-state index contributed by atoms with van der Waals surface area (Å²) in [5.74, 6) is -0.520. The standard InChI is InChI=1S/C18H14F2N6O2S/c1-29-10-4-5-14(28-18(19)20)11(7-10)16-12(8-22-25-16)24-17(27)13-9-21-15-3-2-6-23-26(13)15/h2-9,18H,1H3,(H,22,25)(H,24,27). The van der Waals surface area contributed by atoms with Gasteiger partial charge in [0.25, 0.3) is 5.91 Å². The number of alkyl halides is 2. The van der Waals surface area contributed by atoms with E-state index < -0.39 is 12.5 Å². The van der Waals surface area contributed by atoms with Crippen LogP contribution < -0.4 is 10.1 Å². The van der Waals surface area contributed by atoms with Gasteiger partial charge in [-0.1, -0.05) is 0 Å². The number of benzene rings is 1. The third-order valence-electron chi connectivity index (χ3n) is 4.06. The maximum absolute atomic E-state index is 12.8. The van der Waals surface area contributed by atoms with Crippen molar-refractivity contribution in [1.82, 2.24) is 24.8 Å². The fourth-order valence-corrected chi connectivity index (χ4v) is 3.22. The van der Waals surface area contributed by atoms with Crippen LogP contribution in [-0.4, -0.2) is 43.6 Å². The summed E-state index contributed by atoms with van der Waals surface area (Å²) < 4.78 is 31.7. The smallest absolute Gasteiger partial charge is 0.387 e. The van der Waals surface area contributed by atoms with Crippen LogP contribution in [0.15, 0.2) is 53.8 Å². The number of thioether (sulfide) groups is 1. The molecule has 0 spiro atoms. The van der Waals surface area contributed by atoms with Crippen LogP contribution in [0.5, 0.6) is 5.75 Å². The number of nitrogens with one attached hydrogen (secondary N) is 2. The van der Waals surface area contributed by atoms with Crippen LogP contribution in [0.25, 0.3) is 16.9 Å². The number of aromatic amines is 1. The van der Waals surface area contributed by atoms with Crippen LogP contribution in [0, 0.1) is 0 Å². The number of H-pyrrole nitrogens is 1. The van der Waals surface area contributed by atoms with Crippen molar-refractivity contribution in [2.75, 3.05) is 11.6 Å². The molecule has 8 nitrogen and oxygen atoms in total. The summed E-state index contributed by atoms with van der Waals surface area (Å²) in [7, 11) is 0. The van der Waals surface area contributed by atoms with Crippen molar-refractivity contribution in [3.8, 4) is 17.0 Å². The number of imidazole rings is 1. The molecule has 3 heterocycles. The maximum atomic E-state index is 12.8. The van der Waals surface area contributed by atoms with Gasteiger partial charge in [0.15, 0.2) is 11.3 Å². The molecule has 4 aromatic rings. The van der Waals surface area contributed by atoms with Gasteiger partial charge in [-0.15, -0.1) is 11.8 Å². The molecule has 3 aromatic heterocycles. The lowest BCUT2D eigenvalue weighted by atomic mass is 10.1. The minimum Gasteiger partial charge on any atom is -0.434 e. The summed E-state index contributed by atoms with van der Waals surface area (Å²) in [5.41, 5.74) is 1.63. The van der Waals surface area contributed by atoms with Gasteiger partial charge in [0.2, 0.25) is 0 Å². The molecule has 1 amide bonds. The molecule has 148 valence electrons. The SMILES string of the molecule is CSc1ccc(OC(F)F)c(-c2n[nH]cc2NC(=O)c2cnc3cccnn23)c1. The fraction of sp³-hybridized carbons (Fsp3) is 0.111. The Morgan fingerprint density at radius 2 is 2.21 bits per heavy atom. The molecule has 0 atom stereocenters. The van der Waals surface area contributed by atoms with Gasteiger partial charge in [-0.05, 0) is 36.6 Å². The van der Waals surface area contributed by atoms with Gasteiger partial charge in [0.1, 0.15) is 11.4 Å². The summed E-state index contributed by atoms with van der Waals surface area (Å²) in [6.45, 7) is -2.99. The average Bonchev–Trinajstić information content (AvgIpc) is 3.34. The van der Waals surface area contributed by atoms with Crippen molar-refractivity contribution >= 4 is 29.0 Å². The first-order chi connectivity index (χ1) is 14.1. The summed E-state index contributed by atoms with van der Waals surface area (Å²) in [6, 6.07) is 8.21. The predicted molar refractivity (Wildman–Crippen MR) is 103 cm³/mol. The highest BCUT2D eigenvalue weighted by Crippen LogP contribution is 2.37. The first kappa shape index (κ1) is 18.9. The van der Waals surface area contributed by atoms with E-state index in [1.807, 2.05) is 6.26 Å². The lowest BCUT2D eigenvalue weighted by Gasteiger charge is -2.12. The second-order valence-electron chi connectivity index (χ2n) is 5.78. The Morgan fingerprint density at radius 3 is 3.00 bits per heavy atom. The summed E-state index contributed by atoms with van der Waals surface area (Å²) in [6.07, 6.45) is 6.26. The quantitative estimate of drug-likeness (QED) is 0.465. The molecule has 0 aliphatic heterocycles. The average molecular weight is 416 g/mol. The lowest BCUT2D eigenvalue weighted by Crippen LogP contribution is -2.15. The normalized spacial score (nSPS) is 11.2. The minimum atomic E-state index is -2.99. The van der Waals surface area contributed by atoms with Crippen LogP contribution >= 0.6 is 11.8 Å². The number of aromatic nitrogens is 5. The number of fused-ring (bicyclic) bond motifs is 1. The number of hydrogen-bond donors (Lipinski definition) is 2. The molecule has 0 fully saturated rings. The van der Waals surface area contributed by atoms with Gasteiger partial charge in [-0.25, -0.2) is 9.50 Å². The molecule has 1 aromatic carbocycles. The van der Waals surface area contributed by atoms with Crippen molar-refractivity contribution in [2.45, 2.75) is 11.5 Å². The van der Waals surface area contributed by atoms with Gasteiger partial charge in [0.05, 0.1) is 11.9 Å². The first-order valence-corrected chi connectivity index (χ1v) is 9.56. The fourth-order valence-electron chi connectivity index (χ4n) is 2.78. The lowest BCUT2D eigenvalue weighted by molar-refractivity contribution is -0.0494. The van der Waals surface area contributed by atoms with E-state index in [0.29, 0.717) is 16.9 Å². The maximum Gasteiger partial charge on any atom is 0.387 e. The molecule has 0 aliphatic carbocycles. The highest BCUT2D eigenvalue weighted by atomic mass is 32.2. The Labute approximate surface area is 167 Å². The molecule has 29 heavy (non-hydrogen) atoms. The van der Waals surface area contributed by atoms with Crippen molar-refractivity contribution in [2.24, 2.45) is 0 Å². The number of carbonyl (C=O) groups is 1. The number of anilines is 1. The zero-order valence-electron chi connectivity index (χ0n) is 15.0. The molecule has 0 bridgehead atoms. The highest BCUT2D eigenvalue weighted by Gasteiger charge is 2.20. The van der Waals surface area contributed by atoms with E-state index in [1.54, 1.807) is 24.3 Å². The molecule has 0 aliphatic rings. The second kappa shape index (κ2) is 7.87. The molecular formula is C18H14F2N6O2S. The summed E-state index contributed by atoms with van der Waals surface area (Å²) in [4.78, 5) is 17.7. The molecule has 4 rings (SSSR count). The van der Waals surface area contributed by atoms with Crippen molar-refractivity contribution < 1.29 is 18.3 Å². The van der Waals surface area contributed by atoms with Crippen LogP contribution in [0.2, 0.25) is 0 Å². The van der Waals surface area contributed by atoms with E-state index >= 15 is 0 Å². The zero-order valence-corrected chi connectivity index (χ0v) is 15.8. The van der Waals surface area contributed by atoms with Crippen LogP contribution in [0.1, 0.15) is 10.5 Å². The second-order valence-corrected chi connectivity index (χ2v) is 6.66. The Kier molecular flexibility index (Phi) is 5.12. The Balaban J connectivity index is 1.70. The predicted octanol–water partition coefficient (Wildman–Crippen LogP) is 3.70. The molecule has 2 N–H and O–H groups in total. The van der Waals surface area contributed by atoms with E-state index in [4.69, 9.17) is 0 Å². The summed E-state index contributed by atoms with van der Waals surface area (Å²) >= 11 is 1.44. The van der Waals surface area contributed by atoms with E-state index in [9.17, 15) is 13.6 Å². The van der Waals surface area contributed by atoms with Crippen molar-refractivity contribution in [3.05, 3.63) is 54.6 Å². The summed E-state index contributed by atoms with van der Waals surface area (Å²) in [5, 5.41) is 13.6. The number of hydrogen-bond acceptors (Lipinski definition) is 6. The third-order valence-corrected chi connectivity index (χ3v) is 4.78. The van der Waals surface area contributed by atoms with Crippen molar-refractivity contribution in [1.29, 1.82) is 0 Å². The van der Waals surface area contributed by atoms with Gasteiger partial charge < -0.3 is 10.1 Å². The van der Waals surface area contributed by atoms with Gasteiger partial charge in [0, 0.05) is 22.9 Å². The van der Waals surface area contributed by atoms with Crippen LogP contribution in [0.3, 0.4) is 0 Å². The Morgan fingerprint density at radius 1 is 1.34 bits per heavy atom. The van der Waals surface area contributed by atoms with E-state index in [-0.39, 0.29) is 17.1 Å². The number of ether oxygens (including phenoxy) is 1. The molecule has 0 unspecified atom stereocenters. The number of carbonyl (C=O) groups excluding carboxylic acids is 1. The first-order valence-electron chi connectivity index (χ1n) is 8.34. The topological polar surface area (TPSA) is 97.2 Å². The van der Waals surface area contributed by atoms with E-state index in [1.165, 1.54) is 40.9 Å². The van der Waals surface area contributed by atoms with Crippen molar-refractivity contribution in [3.63, 3.8) is 0 Å². The van der Waals surface area contributed by atoms with Gasteiger partial charge >= 0.3 is 6.61 Å². The van der Waals surface area contributed by atoms with Crippen LogP contribution in [0.4, 0.5) is 14.5 Å². The van der Waals surface area contributed by atoms with Crippen LogP contribution in [-0.2, 0) is 0 Å². The minimum absolute atomic E-state index is 0.0446. The molecular weight excluding hydrogens is 402 g/mol. The van der Waals surface area contributed by atoms with E-state index in [2.05, 4.69) is 30.3 Å². The number of halogens is 2. The zero-order chi connectivity index (χ0) is 20.4. The largest absolute Gasteiger partial charge is 0.434 e. The van der Waals surface area contributed by atoms with E-state index in [0.717, 1.165) is 4.90 Å². The third kappa shape index (κ3) is 3.76. The Bertz CT molecular complexity index is 1180. The highest BCUT2D eigenvalue weighted by molar-refractivity contribution is 7.98. The molecule has 0 radical (unpaired) electrons. The number of nitrogens with zero attached hydrogens (tertiary/aromatic N) is 4. The van der Waals surface area contributed by atoms with Gasteiger partial charge in [-0.2, -0.15) is 19.0 Å². The molecule has 11 heteroatoms.